The predicted molar refractivity (Wildman–Crippen MR) is 84.1 cm³/mol. The number of hydrogen-bond donors (Lipinski definition) is 1. The summed E-state index contributed by atoms with van der Waals surface area (Å²) in [7, 11) is -4.76. The lowest BCUT2D eigenvalue weighted by Gasteiger charge is -2.06. The quantitative estimate of drug-likeness (QED) is 0.878. The topological polar surface area (TPSA) is 77.2 Å². The average molecular weight is 323 g/mol. The molecule has 0 heterocycles. The van der Waals surface area contributed by atoms with Crippen LogP contribution in [0.4, 0.5) is 0 Å². The molecule has 0 aliphatic heterocycles. The first-order chi connectivity index (χ1) is 10.0. The second-order valence-electron chi connectivity index (χ2n) is 4.53. The van der Waals surface area contributed by atoms with Crippen molar-refractivity contribution in [2.75, 3.05) is 11.5 Å². The Morgan fingerprint density at radius 1 is 1.00 bits per heavy atom. The highest BCUT2D eigenvalue weighted by atomic mass is 32.2. The van der Waals surface area contributed by atoms with Crippen molar-refractivity contribution in [3.63, 3.8) is 0 Å². The molecule has 1 atom stereocenters. The van der Waals surface area contributed by atoms with Gasteiger partial charge in [-0.1, -0.05) is 30.3 Å². The maximum Gasteiger partial charge on any atom is 0.179 e. The van der Waals surface area contributed by atoms with Gasteiger partial charge >= 0.3 is 0 Å². The second kappa shape index (κ2) is 6.98. The van der Waals surface area contributed by atoms with Crippen LogP contribution < -0.4 is 5.73 Å². The van der Waals surface area contributed by atoms with Crippen LogP contribution in [0.25, 0.3) is 0 Å². The third kappa shape index (κ3) is 4.23. The molecule has 0 aliphatic carbocycles. The standard InChI is InChI=1S/C15H17NO3S2/c16-12-13-5-4-8-15(11-13)21(18,19)10-9-20(17)14-6-2-1-3-7-14/h1-8,11H,9-10,12,16H2. The normalized spacial score (nSPS) is 13.0. The van der Waals surface area contributed by atoms with E-state index in [0.29, 0.717) is 11.4 Å². The number of nitrogens with two attached hydrogens (primary N) is 1. The van der Waals surface area contributed by atoms with Gasteiger partial charge in [0.05, 0.1) is 21.4 Å². The highest BCUT2D eigenvalue weighted by molar-refractivity contribution is 7.93. The van der Waals surface area contributed by atoms with Crippen LogP contribution >= 0.6 is 0 Å². The Labute approximate surface area is 127 Å². The fourth-order valence-electron chi connectivity index (χ4n) is 1.86. The molecule has 2 N–H and O–H groups in total. The molecule has 2 rings (SSSR count). The molecule has 0 fully saturated rings. The first-order valence-electron chi connectivity index (χ1n) is 6.48. The maximum absolute atomic E-state index is 12.3. The van der Waals surface area contributed by atoms with Gasteiger partial charge in [-0.25, -0.2) is 8.42 Å². The Balaban J connectivity index is 2.09. The van der Waals surface area contributed by atoms with Gasteiger partial charge in [0.25, 0.3) is 0 Å². The summed E-state index contributed by atoms with van der Waals surface area (Å²) in [6.45, 7) is 0.291. The highest BCUT2D eigenvalue weighted by Gasteiger charge is 2.16. The first-order valence-corrected chi connectivity index (χ1v) is 9.45. The van der Waals surface area contributed by atoms with Gasteiger partial charge < -0.3 is 5.73 Å². The Kier molecular flexibility index (Phi) is 5.27. The highest BCUT2D eigenvalue weighted by Crippen LogP contribution is 2.14. The van der Waals surface area contributed by atoms with Crippen molar-refractivity contribution >= 4 is 20.6 Å². The molecule has 0 amide bonds. The monoisotopic (exact) mass is 323 g/mol. The van der Waals surface area contributed by atoms with Crippen LogP contribution in [0.5, 0.6) is 0 Å². The zero-order chi connectivity index (χ0) is 15.3. The van der Waals surface area contributed by atoms with E-state index < -0.39 is 20.6 Å². The summed E-state index contributed by atoms with van der Waals surface area (Å²) >= 11 is 0. The third-order valence-corrected chi connectivity index (χ3v) is 6.38. The molecule has 0 aromatic heterocycles. The summed E-state index contributed by atoms with van der Waals surface area (Å²) in [6.07, 6.45) is 0. The fraction of sp³-hybridized carbons (Fsp3) is 0.200. The summed E-state index contributed by atoms with van der Waals surface area (Å²) in [5.41, 5.74) is 6.28. The van der Waals surface area contributed by atoms with Gasteiger partial charge in [-0.05, 0) is 29.8 Å². The van der Waals surface area contributed by atoms with Crippen LogP contribution in [0.3, 0.4) is 0 Å². The third-order valence-electron chi connectivity index (χ3n) is 3.04. The van der Waals surface area contributed by atoms with Gasteiger partial charge in [-0.2, -0.15) is 0 Å². The van der Waals surface area contributed by atoms with Crippen LogP contribution in [0.2, 0.25) is 0 Å². The van der Waals surface area contributed by atoms with Crippen molar-refractivity contribution in [3.8, 4) is 0 Å². The minimum Gasteiger partial charge on any atom is -0.326 e. The van der Waals surface area contributed by atoms with Crippen molar-refractivity contribution in [2.45, 2.75) is 16.3 Å². The van der Waals surface area contributed by atoms with Crippen LogP contribution in [0, 0.1) is 0 Å². The lowest BCUT2D eigenvalue weighted by molar-refractivity contribution is 0.597. The second-order valence-corrected chi connectivity index (χ2v) is 8.21. The van der Waals surface area contributed by atoms with Crippen molar-refractivity contribution in [1.29, 1.82) is 0 Å². The van der Waals surface area contributed by atoms with E-state index >= 15 is 0 Å². The van der Waals surface area contributed by atoms with E-state index in [4.69, 9.17) is 5.73 Å². The van der Waals surface area contributed by atoms with Gasteiger partial charge in [0.15, 0.2) is 9.84 Å². The predicted octanol–water partition coefficient (Wildman–Crippen LogP) is 1.73. The molecule has 2 aromatic rings. The Hall–Kier alpha value is -1.50. The zero-order valence-corrected chi connectivity index (χ0v) is 13.1. The molecule has 0 aliphatic rings. The molecule has 21 heavy (non-hydrogen) atoms. The van der Waals surface area contributed by atoms with E-state index in [-0.39, 0.29) is 16.4 Å². The summed E-state index contributed by atoms with van der Waals surface area (Å²) in [5.74, 6) is -0.0677. The summed E-state index contributed by atoms with van der Waals surface area (Å²) in [5, 5.41) is 0. The van der Waals surface area contributed by atoms with Crippen molar-refractivity contribution in [2.24, 2.45) is 5.73 Å². The van der Waals surface area contributed by atoms with E-state index in [2.05, 4.69) is 0 Å². The van der Waals surface area contributed by atoms with E-state index in [1.807, 2.05) is 6.07 Å². The molecule has 6 heteroatoms. The van der Waals surface area contributed by atoms with Crippen molar-refractivity contribution in [3.05, 3.63) is 60.2 Å². The largest absolute Gasteiger partial charge is 0.326 e. The number of sulfone groups is 1. The molecule has 0 bridgehead atoms. The van der Waals surface area contributed by atoms with E-state index in [0.717, 1.165) is 5.56 Å². The molecule has 0 saturated carbocycles. The molecule has 2 aromatic carbocycles. The minimum absolute atomic E-state index is 0.0825. The average Bonchev–Trinajstić information content (AvgIpc) is 2.53. The molecule has 1 unspecified atom stereocenters. The van der Waals surface area contributed by atoms with E-state index in [1.165, 1.54) is 0 Å². The van der Waals surface area contributed by atoms with Crippen LogP contribution in [0.15, 0.2) is 64.4 Å². The van der Waals surface area contributed by atoms with Gasteiger partial charge in [-0.3, -0.25) is 4.21 Å². The van der Waals surface area contributed by atoms with Crippen LogP contribution in [-0.4, -0.2) is 24.1 Å². The fourth-order valence-corrected chi connectivity index (χ4v) is 4.89. The minimum atomic E-state index is -3.44. The Bertz CT molecular complexity index is 728. The van der Waals surface area contributed by atoms with Gasteiger partial charge in [0, 0.05) is 17.2 Å². The van der Waals surface area contributed by atoms with Gasteiger partial charge in [-0.15, -0.1) is 0 Å². The number of benzene rings is 2. The van der Waals surface area contributed by atoms with Gasteiger partial charge in [0.2, 0.25) is 0 Å². The first kappa shape index (κ1) is 15.9. The van der Waals surface area contributed by atoms with Crippen molar-refractivity contribution < 1.29 is 12.6 Å². The molecule has 4 nitrogen and oxygen atoms in total. The molecule has 112 valence electrons. The smallest absolute Gasteiger partial charge is 0.179 e. The van der Waals surface area contributed by atoms with Gasteiger partial charge in [0.1, 0.15) is 0 Å². The summed E-state index contributed by atoms with van der Waals surface area (Å²) in [6, 6.07) is 15.4. The van der Waals surface area contributed by atoms with Crippen LogP contribution in [-0.2, 0) is 27.2 Å². The van der Waals surface area contributed by atoms with Crippen molar-refractivity contribution in [1.82, 2.24) is 0 Å². The zero-order valence-electron chi connectivity index (χ0n) is 11.4. The van der Waals surface area contributed by atoms with E-state index in [9.17, 15) is 12.6 Å². The Morgan fingerprint density at radius 2 is 1.71 bits per heavy atom. The molecular formula is C15H17NO3S2. The molecule has 0 spiro atoms. The Morgan fingerprint density at radius 3 is 2.38 bits per heavy atom. The lowest BCUT2D eigenvalue weighted by atomic mass is 10.2. The summed E-state index contributed by atoms with van der Waals surface area (Å²) < 4.78 is 36.6. The number of rotatable bonds is 6. The molecular weight excluding hydrogens is 306 g/mol. The molecule has 0 radical (unpaired) electrons. The lowest BCUT2D eigenvalue weighted by Crippen LogP contribution is -2.14. The van der Waals surface area contributed by atoms with Crippen LogP contribution in [0.1, 0.15) is 5.56 Å². The SMILES string of the molecule is NCc1cccc(S(=O)(=O)CCS(=O)c2ccccc2)c1. The number of hydrogen-bond acceptors (Lipinski definition) is 4. The van der Waals surface area contributed by atoms with E-state index in [1.54, 1.807) is 48.5 Å². The molecule has 0 saturated heterocycles. The maximum atomic E-state index is 12.3. The summed E-state index contributed by atoms with van der Waals surface area (Å²) in [4.78, 5) is 0.874.